The van der Waals surface area contributed by atoms with E-state index in [1.807, 2.05) is 0 Å². The molecule has 0 spiro atoms. The van der Waals surface area contributed by atoms with E-state index in [1.165, 1.54) is 67.4 Å². The van der Waals surface area contributed by atoms with Crippen LogP contribution in [0.3, 0.4) is 0 Å². The summed E-state index contributed by atoms with van der Waals surface area (Å²) in [4.78, 5) is 5.19. The molecule has 2 aromatic rings. The fourth-order valence-corrected chi connectivity index (χ4v) is 5.08. The molecule has 1 aliphatic carbocycles. The maximum absolute atomic E-state index is 6.15. The van der Waals surface area contributed by atoms with E-state index in [9.17, 15) is 0 Å². The second-order valence-electron chi connectivity index (χ2n) is 8.34. The highest BCUT2D eigenvalue weighted by Crippen LogP contribution is 2.41. The molecule has 0 N–H and O–H groups in total. The summed E-state index contributed by atoms with van der Waals surface area (Å²) in [7, 11) is 0. The van der Waals surface area contributed by atoms with Gasteiger partial charge in [-0.1, -0.05) is 36.8 Å². The third-order valence-corrected chi connectivity index (χ3v) is 6.59. The lowest BCUT2D eigenvalue weighted by molar-refractivity contribution is 0.182. The monoisotopic (exact) mass is 362 g/mol. The molecule has 0 aromatic heterocycles. The molecular formula is C24H30N2O. The first kappa shape index (κ1) is 17.3. The van der Waals surface area contributed by atoms with Gasteiger partial charge in [0.2, 0.25) is 0 Å². The summed E-state index contributed by atoms with van der Waals surface area (Å²) in [5.74, 6) is 1.05. The quantitative estimate of drug-likeness (QED) is 0.776. The van der Waals surface area contributed by atoms with Gasteiger partial charge in [-0.3, -0.25) is 9.80 Å². The predicted octanol–water partition coefficient (Wildman–Crippen LogP) is 4.55. The molecule has 27 heavy (non-hydrogen) atoms. The zero-order valence-corrected chi connectivity index (χ0v) is 16.2. The van der Waals surface area contributed by atoms with E-state index in [4.69, 9.17) is 4.74 Å². The van der Waals surface area contributed by atoms with E-state index in [0.29, 0.717) is 6.04 Å². The van der Waals surface area contributed by atoms with Crippen LogP contribution in [0.5, 0.6) is 5.75 Å². The molecule has 1 saturated heterocycles. The molecule has 3 heteroatoms. The molecule has 0 amide bonds. The van der Waals surface area contributed by atoms with Gasteiger partial charge in [0.05, 0.1) is 0 Å². The lowest BCUT2D eigenvalue weighted by Crippen LogP contribution is -2.33. The molecule has 3 aliphatic rings. The maximum atomic E-state index is 6.15. The first-order valence-corrected chi connectivity index (χ1v) is 10.7. The molecule has 2 aliphatic heterocycles. The molecular weight excluding hydrogens is 332 g/mol. The van der Waals surface area contributed by atoms with E-state index >= 15 is 0 Å². The number of piperidine rings is 1. The third kappa shape index (κ3) is 3.63. The number of nitrogens with zero attached hydrogens (tertiary/aromatic N) is 2. The van der Waals surface area contributed by atoms with Gasteiger partial charge < -0.3 is 4.74 Å². The fraction of sp³-hybridized carbons (Fsp3) is 0.500. The average molecular weight is 363 g/mol. The molecule has 5 rings (SSSR count). The van der Waals surface area contributed by atoms with Crippen LogP contribution in [0.25, 0.3) is 0 Å². The number of aryl methyl sites for hydroxylation is 1. The zero-order valence-electron chi connectivity index (χ0n) is 16.2. The van der Waals surface area contributed by atoms with E-state index in [2.05, 4.69) is 52.3 Å². The first-order valence-electron chi connectivity index (χ1n) is 10.7. The Balaban J connectivity index is 1.24. The van der Waals surface area contributed by atoms with Crippen LogP contribution in [0.4, 0.5) is 0 Å². The molecule has 3 nitrogen and oxygen atoms in total. The van der Waals surface area contributed by atoms with Gasteiger partial charge in [0.1, 0.15) is 12.4 Å². The van der Waals surface area contributed by atoms with Crippen molar-refractivity contribution in [3.8, 4) is 5.75 Å². The Hall–Kier alpha value is -1.84. The molecule has 2 heterocycles. The molecule has 1 atom stereocenters. The molecule has 0 bridgehead atoms. The molecule has 0 radical (unpaired) electrons. The van der Waals surface area contributed by atoms with Gasteiger partial charge in [-0.15, -0.1) is 0 Å². The number of fused-ring (bicyclic) bond motifs is 2. The van der Waals surface area contributed by atoms with Crippen LogP contribution in [0.2, 0.25) is 0 Å². The Morgan fingerprint density at radius 1 is 0.889 bits per heavy atom. The molecule has 1 unspecified atom stereocenters. The second-order valence-corrected chi connectivity index (χ2v) is 8.34. The summed E-state index contributed by atoms with van der Waals surface area (Å²) in [5, 5.41) is 0. The van der Waals surface area contributed by atoms with Crippen molar-refractivity contribution >= 4 is 0 Å². The van der Waals surface area contributed by atoms with Crippen LogP contribution < -0.4 is 4.74 Å². The number of rotatable bonds is 5. The topological polar surface area (TPSA) is 15.7 Å². The van der Waals surface area contributed by atoms with E-state index < -0.39 is 0 Å². The smallest absolute Gasteiger partial charge is 0.119 e. The summed E-state index contributed by atoms with van der Waals surface area (Å²) in [6, 6.07) is 16.2. The van der Waals surface area contributed by atoms with Gasteiger partial charge in [-0.25, -0.2) is 0 Å². The Kier molecular flexibility index (Phi) is 4.89. The largest absolute Gasteiger partial charge is 0.492 e. The van der Waals surface area contributed by atoms with Gasteiger partial charge in [0.15, 0.2) is 0 Å². The van der Waals surface area contributed by atoms with Gasteiger partial charge in [-0.05, 0) is 73.2 Å². The van der Waals surface area contributed by atoms with Crippen molar-refractivity contribution in [2.24, 2.45) is 0 Å². The summed E-state index contributed by atoms with van der Waals surface area (Å²) >= 11 is 0. The number of benzene rings is 2. The average Bonchev–Trinajstić information content (AvgIpc) is 3.32. The Morgan fingerprint density at radius 3 is 2.44 bits per heavy atom. The standard InChI is InChI=1S/C24H30N2O/c1-4-12-25(13-5-1)14-15-27-22-10-8-19-9-11-24(23(19)16-22)26-17-20-6-2-3-7-21(20)18-26/h2-3,6-8,10,16,24H,1,4-5,9,11-15,17-18H2. The van der Waals surface area contributed by atoms with Crippen molar-refractivity contribution in [2.45, 2.75) is 51.2 Å². The molecule has 2 aromatic carbocycles. The molecule has 0 saturated carbocycles. The minimum Gasteiger partial charge on any atom is -0.492 e. The maximum Gasteiger partial charge on any atom is 0.119 e. The highest BCUT2D eigenvalue weighted by atomic mass is 16.5. The Bertz CT molecular complexity index is 772. The van der Waals surface area contributed by atoms with Crippen molar-refractivity contribution in [3.63, 3.8) is 0 Å². The predicted molar refractivity (Wildman–Crippen MR) is 109 cm³/mol. The van der Waals surface area contributed by atoms with Crippen LogP contribution >= 0.6 is 0 Å². The number of likely N-dealkylation sites (tertiary alicyclic amines) is 1. The Morgan fingerprint density at radius 2 is 1.67 bits per heavy atom. The summed E-state index contributed by atoms with van der Waals surface area (Å²) in [5.41, 5.74) is 6.01. The van der Waals surface area contributed by atoms with Gasteiger partial charge in [0, 0.05) is 25.7 Å². The van der Waals surface area contributed by atoms with Crippen LogP contribution in [0.15, 0.2) is 42.5 Å². The second kappa shape index (κ2) is 7.65. The number of hydrogen-bond donors (Lipinski definition) is 0. The van der Waals surface area contributed by atoms with Crippen LogP contribution in [0.1, 0.15) is 54.0 Å². The first-order chi connectivity index (χ1) is 13.4. The minimum absolute atomic E-state index is 0.540. The summed E-state index contributed by atoms with van der Waals surface area (Å²) < 4.78 is 6.15. The third-order valence-electron chi connectivity index (χ3n) is 6.59. The van der Waals surface area contributed by atoms with E-state index in [-0.39, 0.29) is 0 Å². The van der Waals surface area contributed by atoms with Crippen LogP contribution in [-0.4, -0.2) is 36.0 Å². The van der Waals surface area contributed by atoms with Crippen molar-refractivity contribution in [1.82, 2.24) is 9.80 Å². The van der Waals surface area contributed by atoms with E-state index in [0.717, 1.165) is 32.0 Å². The van der Waals surface area contributed by atoms with Gasteiger partial charge >= 0.3 is 0 Å². The summed E-state index contributed by atoms with van der Waals surface area (Å²) in [6.45, 7) is 6.51. The Labute approximate surface area is 162 Å². The molecule has 142 valence electrons. The van der Waals surface area contributed by atoms with Crippen molar-refractivity contribution < 1.29 is 4.74 Å². The van der Waals surface area contributed by atoms with E-state index in [1.54, 1.807) is 0 Å². The SMILES string of the molecule is c1ccc2c(c1)CN(C1CCc3ccc(OCCN4CCCCC4)cc31)C2. The van der Waals surface area contributed by atoms with Crippen molar-refractivity contribution in [2.75, 3.05) is 26.2 Å². The number of ether oxygens (including phenoxy) is 1. The van der Waals surface area contributed by atoms with Crippen LogP contribution in [0, 0.1) is 0 Å². The minimum atomic E-state index is 0.540. The van der Waals surface area contributed by atoms with Crippen LogP contribution in [-0.2, 0) is 19.5 Å². The normalized spacial score (nSPS) is 22.6. The van der Waals surface area contributed by atoms with Crippen molar-refractivity contribution in [1.29, 1.82) is 0 Å². The highest BCUT2D eigenvalue weighted by molar-refractivity contribution is 5.42. The molecule has 1 fully saturated rings. The van der Waals surface area contributed by atoms with Gasteiger partial charge in [-0.2, -0.15) is 0 Å². The van der Waals surface area contributed by atoms with Crippen molar-refractivity contribution in [3.05, 3.63) is 64.7 Å². The van der Waals surface area contributed by atoms with Gasteiger partial charge in [0.25, 0.3) is 0 Å². The fourth-order valence-electron chi connectivity index (χ4n) is 5.08. The summed E-state index contributed by atoms with van der Waals surface area (Å²) in [6.07, 6.45) is 6.52. The highest BCUT2D eigenvalue weighted by Gasteiger charge is 2.31. The lowest BCUT2D eigenvalue weighted by Gasteiger charge is -2.26. The lowest BCUT2D eigenvalue weighted by atomic mass is 10.1. The number of hydrogen-bond acceptors (Lipinski definition) is 3. The zero-order chi connectivity index (χ0) is 18.1.